The molecule has 0 saturated carbocycles. The first-order chi connectivity index (χ1) is 14.4. The average Bonchev–Trinajstić information content (AvgIpc) is 2.77. The molecular formula is C24H26ClN3O2. The zero-order valence-corrected chi connectivity index (χ0v) is 18.0. The Morgan fingerprint density at radius 2 is 1.67 bits per heavy atom. The van der Waals surface area contributed by atoms with Gasteiger partial charge in [-0.3, -0.25) is 9.59 Å². The lowest BCUT2D eigenvalue weighted by atomic mass is 9.89. The molecule has 0 radical (unpaired) electrons. The van der Waals surface area contributed by atoms with E-state index in [1.165, 1.54) is 5.56 Å². The van der Waals surface area contributed by atoms with E-state index in [1.54, 1.807) is 24.3 Å². The average molecular weight is 424 g/mol. The number of carbonyl (C=O) groups is 2. The van der Waals surface area contributed by atoms with Crippen molar-refractivity contribution in [2.24, 2.45) is 5.92 Å². The van der Waals surface area contributed by atoms with Crippen molar-refractivity contribution in [1.29, 1.82) is 5.26 Å². The van der Waals surface area contributed by atoms with Crippen LogP contribution in [-0.4, -0.2) is 35.8 Å². The smallest absolute Gasteiger partial charge is 0.251 e. The van der Waals surface area contributed by atoms with E-state index in [2.05, 4.69) is 17.4 Å². The predicted molar refractivity (Wildman–Crippen MR) is 117 cm³/mol. The second kappa shape index (κ2) is 9.77. The zero-order valence-electron chi connectivity index (χ0n) is 17.3. The number of piperidine rings is 1. The lowest BCUT2D eigenvalue weighted by molar-refractivity contribution is -0.135. The summed E-state index contributed by atoms with van der Waals surface area (Å²) in [5.74, 6) is 0.0371. The standard InChI is InChI=1S/C24H26ClN3O2/c1-16(2)22(27-23(29)20-5-3-17(15-26)4-6-20)24(30)28-13-11-19(12-14-28)18-7-9-21(25)10-8-18/h3-10,16,19,22H,11-14H2,1-2H3,(H,27,29)/t22-/m1/s1. The highest BCUT2D eigenvalue weighted by atomic mass is 35.5. The lowest BCUT2D eigenvalue weighted by Crippen LogP contribution is -2.52. The summed E-state index contributed by atoms with van der Waals surface area (Å²) >= 11 is 5.98. The molecule has 5 nitrogen and oxygen atoms in total. The highest BCUT2D eigenvalue weighted by Gasteiger charge is 2.31. The van der Waals surface area contributed by atoms with Crippen LogP contribution in [0.4, 0.5) is 0 Å². The number of amides is 2. The van der Waals surface area contributed by atoms with Gasteiger partial charge in [0.05, 0.1) is 11.6 Å². The number of nitrogens with one attached hydrogen (secondary N) is 1. The first-order valence-electron chi connectivity index (χ1n) is 10.2. The summed E-state index contributed by atoms with van der Waals surface area (Å²) in [6, 6.07) is 15.8. The van der Waals surface area contributed by atoms with E-state index < -0.39 is 6.04 Å². The number of likely N-dealkylation sites (tertiary alicyclic amines) is 1. The van der Waals surface area contributed by atoms with Crippen molar-refractivity contribution in [2.45, 2.75) is 38.6 Å². The van der Waals surface area contributed by atoms with Gasteiger partial charge in [-0.05, 0) is 66.6 Å². The fourth-order valence-electron chi connectivity index (χ4n) is 3.80. The second-order valence-electron chi connectivity index (χ2n) is 8.04. The zero-order chi connectivity index (χ0) is 21.7. The van der Waals surface area contributed by atoms with Gasteiger partial charge in [0.1, 0.15) is 6.04 Å². The maximum absolute atomic E-state index is 13.1. The van der Waals surface area contributed by atoms with Gasteiger partial charge in [0, 0.05) is 23.7 Å². The van der Waals surface area contributed by atoms with Crippen LogP contribution >= 0.6 is 11.6 Å². The molecule has 1 fully saturated rings. The second-order valence-corrected chi connectivity index (χ2v) is 8.47. The SMILES string of the molecule is CC(C)[C@@H](NC(=O)c1ccc(C#N)cc1)C(=O)N1CCC(c2ccc(Cl)cc2)CC1. The van der Waals surface area contributed by atoms with E-state index in [0.29, 0.717) is 30.1 Å². The van der Waals surface area contributed by atoms with Gasteiger partial charge in [0.2, 0.25) is 5.91 Å². The molecule has 156 valence electrons. The van der Waals surface area contributed by atoms with E-state index >= 15 is 0 Å². The van der Waals surface area contributed by atoms with E-state index in [1.807, 2.05) is 36.9 Å². The van der Waals surface area contributed by atoms with Gasteiger partial charge in [0.15, 0.2) is 0 Å². The van der Waals surface area contributed by atoms with Gasteiger partial charge in [-0.2, -0.15) is 5.26 Å². The summed E-state index contributed by atoms with van der Waals surface area (Å²) in [7, 11) is 0. The summed E-state index contributed by atoms with van der Waals surface area (Å²) in [4.78, 5) is 27.6. The van der Waals surface area contributed by atoms with Crippen LogP contribution in [0.2, 0.25) is 5.02 Å². The van der Waals surface area contributed by atoms with Crippen molar-refractivity contribution in [2.75, 3.05) is 13.1 Å². The number of benzene rings is 2. The number of nitrogens with zero attached hydrogens (tertiary/aromatic N) is 2. The Labute approximate surface area is 182 Å². The first-order valence-corrected chi connectivity index (χ1v) is 10.6. The summed E-state index contributed by atoms with van der Waals surface area (Å²) < 4.78 is 0. The third-order valence-electron chi connectivity index (χ3n) is 5.64. The van der Waals surface area contributed by atoms with Crippen LogP contribution in [-0.2, 0) is 4.79 Å². The van der Waals surface area contributed by atoms with Gasteiger partial charge in [-0.25, -0.2) is 0 Å². The van der Waals surface area contributed by atoms with Crippen molar-refractivity contribution in [3.63, 3.8) is 0 Å². The van der Waals surface area contributed by atoms with Crippen molar-refractivity contribution < 1.29 is 9.59 Å². The maximum atomic E-state index is 13.1. The highest BCUT2D eigenvalue weighted by molar-refractivity contribution is 6.30. The van der Waals surface area contributed by atoms with Gasteiger partial charge in [-0.1, -0.05) is 37.6 Å². The molecule has 3 rings (SSSR count). The van der Waals surface area contributed by atoms with Crippen LogP contribution < -0.4 is 5.32 Å². The van der Waals surface area contributed by atoms with Crippen LogP contribution in [0.1, 0.15) is 54.1 Å². The first kappa shape index (κ1) is 21.9. The molecule has 2 amide bonds. The maximum Gasteiger partial charge on any atom is 0.251 e. The number of hydrogen-bond donors (Lipinski definition) is 1. The monoisotopic (exact) mass is 423 g/mol. The molecule has 0 spiro atoms. The van der Waals surface area contributed by atoms with Gasteiger partial charge in [0.25, 0.3) is 5.91 Å². The number of carbonyl (C=O) groups excluding carboxylic acids is 2. The Kier molecular flexibility index (Phi) is 7.12. The molecule has 0 aromatic heterocycles. The molecule has 0 unspecified atom stereocenters. The molecular weight excluding hydrogens is 398 g/mol. The molecule has 1 aliphatic heterocycles. The van der Waals surface area contributed by atoms with E-state index in [-0.39, 0.29) is 17.7 Å². The number of hydrogen-bond acceptors (Lipinski definition) is 3. The third kappa shape index (κ3) is 5.20. The molecule has 1 N–H and O–H groups in total. The van der Waals surface area contributed by atoms with Crippen molar-refractivity contribution in [3.05, 3.63) is 70.2 Å². The predicted octanol–water partition coefficient (Wildman–Crippen LogP) is 4.37. The summed E-state index contributed by atoms with van der Waals surface area (Å²) in [6.07, 6.45) is 1.78. The molecule has 1 saturated heterocycles. The van der Waals surface area contributed by atoms with E-state index in [4.69, 9.17) is 16.9 Å². The Morgan fingerprint density at radius 1 is 1.07 bits per heavy atom. The summed E-state index contributed by atoms with van der Waals surface area (Å²) in [5.41, 5.74) is 2.18. The molecule has 6 heteroatoms. The molecule has 1 atom stereocenters. The molecule has 1 aliphatic rings. The molecule has 0 aliphatic carbocycles. The Balaban J connectivity index is 1.62. The quantitative estimate of drug-likeness (QED) is 0.775. The Hall–Kier alpha value is -2.84. The fourth-order valence-corrected chi connectivity index (χ4v) is 3.93. The number of rotatable bonds is 5. The lowest BCUT2D eigenvalue weighted by Gasteiger charge is -2.35. The Bertz CT molecular complexity index is 924. The molecule has 1 heterocycles. The van der Waals surface area contributed by atoms with Crippen molar-refractivity contribution >= 4 is 23.4 Å². The number of halogens is 1. The molecule has 2 aromatic carbocycles. The van der Waals surface area contributed by atoms with Crippen LogP contribution in [0.3, 0.4) is 0 Å². The van der Waals surface area contributed by atoms with Crippen LogP contribution in [0.15, 0.2) is 48.5 Å². The topological polar surface area (TPSA) is 73.2 Å². The van der Waals surface area contributed by atoms with Crippen molar-refractivity contribution in [1.82, 2.24) is 10.2 Å². The van der Waals surface area contributed by atoms with Crippen molar-refractivity contribution in [3.8, 4) is 6.07 Å². The molecule has 0 bridgehead atoms. The van der Waals surface area contributed by atoms with Gasteiger partial charge < -0.3 is 10.2 Å². The summed E-state index contributed by atoms with van der Waals surface area (Å²) in [5, 5.41) is 12.5. The minimum absolute atomic E-state index is 0.0335. The minimum atomic E-state index is -0.583. The van der Waals surface area contributed by atoms with E-state index in [9.17, 15) is 9.59 Å². The fraction of sp³-hybridized carbons (Fsp3) is 0.375. The van der Waals surface area contributed by atoms with Gasteiger partial charge >= 0.3 is 0 Å². The number of nitriles is 1. The summed E-state index contributed by atoms with van der Waals surface area (Å²) in [6.45, 7) is 5.20. The van der Waals surface area contributed by atoms with Crippen LogP contribution in [0.5, 0.6) is 0 Å². The molecule has 2 aromatic rings. The Morgan fingerprint density at radius 3 is 2.20 bits per heavy atom. The molecule has 30 heavy (non-hydrogen) atoms. The van der Waals surface area contributed by atoms with Gasteiger partial charge in [-0.15, -0.1) is 0 Å². The minimum Gasteiger partial charge on any atom is -0.341 e. The van der Waals surface area contributed by atoms with Crippen LogP contribution in [0.25, 0.3) is 0 Å². The normalized spacial score (nSPS) is 15.5. The highest BCUT2D eigenvalue weighted by Crippen LogP contribution is 2.29. The third-order valence-corrected chi connectivity index (χ3v) is 5.90. The van der Waals surface area contributed by atoms with Crippen LogP contribution in [0, 0.1) is 17.2 Å². The largest absolute Gasteiger partial charge is 0.341 e. The van der Waals surface area contributed by atoms with E-state index in [0.717, 1.165) is 17.9 Å².